The fourth-order valence-corrected chi connectivity index (χ4v) is 3.62. The first-order valence-corrected chi connectivity index (χ1v) is 10.3. The Kier molecular flexibility index (Phi) is 3.18. The molecule has 0 radical (unpaired) electrons. The van der Waals surface area contributed by atoms with Crippen LogP contribution in [0.1, 0.15) is 26.3 Å². The normalized spacial score (nSPS) is 23.4. The largest absolute Gasteiger partial charge is 0.450 e. The molecule has 0 bridgehead atoms. The van der Waals surface area contributed by atoms with Gasteiger partial charge >= 0.3 is 0 Å². The van der Waals surface area contributed by atoms with Gasteiger partial charge in [0.1, 0.15) is 0 Å². The molecule has 104 valence electrons. The number of hydrogen-bond acceptors (Lipinski definition) is 2. The zero-order chi connectivity index (χ0) is 14.5. The molecule has 1 unspecified atom stereocenters. The van der Waals surface area contributed by atoms with Crippen LogP contribution in [0, 0.1) is 11.5 Å². The van der Waals surface area contributed by atoms with Crippen LogP contribution in [0.4, 0.5) is 0 Å². The van der Waals surface area contributed by atoms with Crippen molar-refractivity contribution in [3.05, 3.63) is 35.9 Å². The highest BCUT2D eigenvalue weighted by Gasteiger charge is 2.38. The molecule has 0 spiro atoms. The van der Waals surface area contributed by atoms with Gasteiger partial charge in [-0.1, -0.05) is 75.3 Å². The second-order valence-corrected chi connectivity index (χ2v) is 12.5. The van der Waals surface area contributed by atoms with Crippen LogP contribution in [0.25, 0.3) is 0 Å². The van der Waals surface area contributed by atoms with Crippen molar-refractivity contribution in [1.82, 2.24) is 0 Å². The van der Waals surface area contributed by atoms with E-state index in [0.717, 1.165) is 11.6 Å². The maximum Gasteiger partial charge on any atom is 0.0775 e. The summed E-state index contributed by atoms with van der Waals surface area (Å²) in [6.45, 7) is 13.2. The van der Waals surface area contributed by atoms with E-state index in [1.807, 2.05) is 12.1 Å². The zero-order valence-corrected chi connectivity index (χ0v) is 13.8. The molecular formula is C16H24NOSi-. The Balaban J connectivity index is 2.32. The van der Waals surface area contributed by atoms with E-state index in [4.69, 9.17) is 0 Å². The summed E-state index contributed by atoms with van der Waals surface area (Å²) in [7, 11) is -1.28. The molecule has 0 aromatic heterocycles. The van der Waals surface area contributed by atoms with Crippen LogP contribution in [-0.2, 0) is 5.60 Å². The average molecular weight is 274 g/mol. The van der Waals surface area contributed by atoms with Gasteiger partial charge in [-0.05, 0) is 5.56 Å². The maximum atomic E-state index is 10.8. The lowest BCUT2D eigenvalue weighted by Gasteiger charge is -2.56. The fraction of sp³-hybridized carbons (Fsp3) is 0.500. The zero-order valence-electron chi connectivity index (χ0n) is 12.8. The van der Waals surface area contributed by atoms with Crippen molar-refractivity contribution in [2.45, 2.75) is 46.0 Å². The third kappa shape index (κ3) is 2.49. The second-order valence-electron chi connectivity index (χ2n) is 7.45. The molecule has 2 nitrogen and oxygen atoms in total. The summed E-state index contributed by atoms with van der Waals surface area (Å²) in [5, 5.41) is 12.2. The molecule has 1 aromatic rings. The third-order valence-corrected chi connectivity index (χ3v) is 5.71. The Morgan fingerprint density at radius 2 is 1.63 bits per heavy atom. The molecule has 0 saturated carbocycles. The van der Waals surface area contributed by atoms with Crippen LogP contribution in [-0.4, -0.2) is 19.4 Å². The van der Waals surface area contributed by atoms with E-state index in [0.29, 0.717) is 0 Å². The maximum absolute atomic E-state index is 10.8. The molecule has 1 heterocycles. The van der Waals surface area contributed by atoms with Gasteiger partial charge in [0.05, 0.1) is 8.07 Å². The van der Waals surface area contributed by atoms with Crippen LogP contribution in [0.5, 0.6) is 0 Å². The SMILES string of the molecule is CC(C)(C)[C-]1N=CC1(O)c1ccc([Si](C)(C)C)cc1. The number of aliphatic imine (C=N–C) groups is 1. The number of hydrogen-bond donors (Lipinski definition) is 1. The van der Waals surface area contributed by atoms with E-state index in [2.05, 4.69) is 57.5 Å². The van der Waals surface area contributed by atoms with Crippen molar-refractivity contribution in [3.8, 4) is 0 Å². The molecule has 1 N–H and O–H groups in total. The number of benzene rings is 1. The van der Waals surface area contributed by atoms with Crippen molar-refractivity contribution in [3.63, 3.8) is 0 Å². The van der Waals surface area contributed by atoms with Gasteiger partial charge in [0.2, 0.25) is 0 Å². The topological polar surface area (TPSA) is 32.6 Å². The molecule has 19 heavy (non-hydrogen) atoms. The lowest BCUT2D eigenvalue weighted by atomic mass is 9.70. The summed E-state index contributed by atoms with van der Waals surface area (Å²) in [4.78, 5) is 4.29. The van der Waals surface area contributed by atoms with Gasteiger partial charge in [0.15, 0.2) is 0 Å². The first kappa shape index (κ1) is 14.3. The van der Waals surface area contributed by atoms with Crippen molar-refractivity contribution < 1.29 is 5.11 Å². The van der Waals surface area contributed by atoms with E-state index in [1.165, 1.54) is 5.19 Å². The molecule has 3 heteroatoms. The van der Waals surface area contributed by atoms with Gasteiger partial charge in [0.25, 0.3) is 0 Å². The highest BCUT2D eigenvalue weighted by atomic mass is 28.3. The smallest absolute Gasteiger partial charge is 0.0775 e. The highest BCUT2D eigenvalue weighted by Crippen LogP contribution is 2.47. The van der Waals surface area contributed by atoms with Gasteiger partial charge in [-0.2, -0.15) is 0 Å². The Hall–Kier alpha value is -1.06. The van der Waals surface area contributed by atoms with E-state index in [-0.39, 0.29) is 5.41 Å². The third-order valence-electron chi connectivity index (χ3n) is 3.64. The summed E-state index contributed by atoms with van der Waals surface area (Å²) >= 11 is 0. The summed E-state index contributed by atoms with van der Waals surface area (Å²) in [5.41, 5.74) is -0.161. The van der Waals surface area contributed by atoms with Gasteiger partial charge < -0.3 is 10.1 Å². The molecule has 1 aromatic carbocycles. The first-order chi connectivity index (χ1) is 8.55. The van der Waals surface area contributed by atoms with Crippen molar-refractivity contribution in [2.24, 2.45) is 10.4 Å². The first-order valence-electron chi connectivity index (χ1n) is 6.82. The molecule has 1 atom stereocenters. The minimum atomic E-state index is -1.28. The predicted molar refractivity (Wildman–Crippen MR) is 84.5 cm³/mol. The number of rotatable bonds is 2. The molecule has 1 aliphatic heterocycles. The van der Waals surface area contributed by atoms with Crippen molar-refractivity contribution in [1.29, 1.82) is 0 Å². The quantitative estimate of drug-likeness (QED) is 0.652. The second kappa shape index (κ2) is 4.22. The Bertz CT molecular complexity index is 493. The van der Waals surface area contributed by atoms with E-state index < -0.39 is 13.7 Å². The lowest BCUT2D eigenvalue weighted by molar-refractivity contribution is 0.0769. The summed E-state index contributed by atoms with van der Waals surface area (Å²) in [5.74, 6) is 0. The fourth-order valence-electron chi connectivity index (χ4n) is 2.45. The summed E-state index contributed by atoms with van der Waals surface area (Å²) in [6, 6.07) is 9.26. The monoisotopic (exact) mass is 274 g/mol. The average Bonchev–Trinajstić information content (AvgIpc) is 2.23. The van der Waals surface area contributed by atoms with Gasteiger partial charge in [-0.15, -0.1) is 12.3 Å². The molecule has 0 fully saturated rings. The van der Waals surface area contributed by atoms with Gasteiger partial charge in [-0.25, -0.2) is 0 Å². The molecule has 0 amide bonds. The number of nitrogens with zero attached hydrogens (tertiary/aromatic N) is 1. The molecule has 1 aliphatic rings. The highest BCUT2D eigenvalue weighted by molar-refractivity contribution is 6.88. The van der Waals surface area contributed by atoms with Crippen molar-refractivity contribution >= 4 is 19.5 Å². The minimum Gasteiger partial charge on any atom is -0.450 e. The lowest BCUT2D eigenvalue weighted by Crippen LogP contribution is -2.48. The van der Waals surface area contributed by atoms with Crippen LogP contribution >= 0.6 is 0 Å². The van der Waals surface area contributed by atoms with Crippen LogP contribution in [0.3, 0.4) is 0 Å². The summed E-state index contributed by atoms with van der Waals surface area (Å²) in [6.07, 6.45) is 1.65. The van der Waals surface area contributed by atoms with E-state index >= 15 is 0 Å². The van der Waals surface area contributed by atoms with E-state index in [9.17, 15) is 5.11 Å². The molecule has 0 saturated heterocycles. The van der Waals surface area contributed by atoms with Crippen LogP contribution in [0.2, 0.25) is 19.6 Å². The molecule has 2 rings (SSSR count). The van der Waals surface area contributed by atoms with Crippen molar-refractivity contribution in [2.75, 3.05) is 0 Å². The van der Waals surface area contributed by atoms with Crippen LogP contribution in [0.15, 0.2) is 29.3 Å². The molecule has 0 aliphatic carbocycles. The Labute approximate surface area is 117 Å². The minimum absolute atomic E-state index is 0.110. The standard InChI is InChI=1S/C16H24NOSi/c1-15(2,3)14-16(18,11-17-14)12-7-9-13(10-8-12)19(4,5)6/h7-11,18H,1-6H3/q-1. The Morgan fingerprint density at radius 3 is 1.95 bits per heavy atom. The summed E-state index contributed by atoms with van der Waals surface area (Å²) < 4.78 is 0. The number of aliphatic hydroxyl groups is 1. The van der Waals surface area contributed by atoms with Gasteiger partial charge in [-0.3, -0.25) is 0 Å². The predicted octanol–water partition coefficient (Wildman–Crippen LogP) is 3.08. The van der Waals surface area contributed by atoms with E-state index in [1.54, 1.807) is 6.21 Å². The van der Waals surface area contributed by atoms with Crippen LogP contribution < -0.4 is 5.19 Å². The van der Waals surface area contributed by atoms with Gasteiger partial charge in [0, 0.05) is 5.60 Å². The Morgan fingerprint density at radius 1 is 1.11 bits per heavy atom. The molecular weight excluding hydrogens is 250 g/mol.